The number of halogens is 1. The largest absolute Gasteiger partial charge is 0.460 e. The molecule has 8 atom stereocenters. The first kappa shape index (κ1) is 33.7. The van der Waals surface area contributed by atoms with E-state index in [0.717, 1.165) is 0 Å². The number of fused-ring (bicyclic) bond motifs is 1. The normalized spacial score (nSPS) is 27.3. The number of ether oxygens (including phenoxy) is 2. The number of aliphatic hydroxyl groups excluding tert-OH is 1. The van der Waals surface area contributed by atoms with E-state index >= 15 is 0 Å². The number of esters is 1. The number of nitrogens with one attached hydrogen (secondary N) is 1. The molecule has 1 aromatic carbocycles. The van der Waals surface area contributed by atoms with Gasteiger partial charge in [-0.15, -0.1) is 13.2 Å². The molecule has 4 rings (SSSR count). The Morgan fingerprint density at radius 1 is 1.25 bits per heavy atom. The van der Waals surface area contributed by atoms with Gasteiger partial charge in [-0.3, -0.25) is 19.2 Å². The fraction of sp³-hybridized carbons (Fsp3) is 0.576. The van der Waals surface area contributed by atoms with Crippen molar-refractivity contribution in [2.75, 3.05) is 24.6 Å². The molecule has 11 heteroatoms. The van der Waals surface area contributed by atoms with Crippen LogP contribution in [0, 0.1) is 17.8 Å². The van der Waals surface area contributed by atoms with E-state index in [1.807, 2.05) is 13.8 Å². The Morgan fingerprint density at radius 3 is 2.57 bits per heavy atom. The van der Waals surface area contributed by atoms with Gasteiger partial charge in [-0.25, -0.2) is 0 Å². The van der Waals surface area contributed by atoms with Crippen molar-refractivity contribution in [2.24, 2.45) is 17.8 Å². The second-order valence-electron chi connectivity index (χ2n) is 12.0. The van der Waals surface area contributed by atoms with Crippen molar-refractivity contribution < 1.29 is 33.8 Å². The van der Waals surface area contributed by atoms with E-state index < -0.39 is 53.6 Å². The molecule has 3 saturated heterocycles. The lowest BCUT2D eigenvalue weighted by Gasteiger charge is -2.40. The molecule has 3 amide bonds. The number of likely N-dealkylation sites (tertiary alicyclic amines) is 1. The maximum atomic E-state index is 14.6. The average Bonchev–Trinajstić information content (AvgIpc) is 3.66. The minimum atomic E-state index is -1.27. The lowest BCUT2D eigenvalue weighted by molar-refractivity contribution is -0.160. The van der Waals surface area contributed by atoms with Gasteiger partial charge in [-0.05, 0) is 56.4 Å². The van der Waals surface area contributed by atoms with Gasteiger partial charge in [0.25, 0.3) is 5.91 Å². The van der Waals surface area contributed by atoms with Gasteiger partial charge in [0.1, 0.15) is 17.7 Å². The summed E-state index contributed by atoms with van der Waals surface area (Å²) in [4.78, 5) is 57.8. The molecule has 2 N–H and O–H groups in total. The lowest BCUT2D eigenvalue weighted by Crippen LogP contribution is -2.60. The number of allylic oxidation sites excluding steroid dienone is 1. The first-order valence-corrected chi connectivity index (χ1v) is 15.8. The Morgan fingerprint density at radius 2 is 1.95 bits per heavy atom. The number of carbonyl (C=O) groups is 4. The fourth-order valence-electron chi connectivity index (χ4n) is 6.93. The summed E-state index contributed by atoms with van der Waals surface area (Å²) in [7, 11) is 0. The van der Waals surface area contributed by atoms with Gasteiger partial charge >= 0.3 is 5.97 Å². The van der Waals surface area contributed by atoms with Gasteiger partial charge < -0.3 is 29.7 Å². The van der Waals surface area contributed by atoms with E-state index in [4.69, 9.17) is 21.1 Å². The molecule has 0 unspecified atom stereocenters. The summed E-state index contributed by atoms with van der Waals surface area (Å²) < 4.78 is 12.3. The van der Waals surface area contributed by atoms with Crippen molar-refractivity contribution in [1.82, 2.24) is 10.2 Å². The van der Waals surface area contributed by atoms with Crippen LogP contribution in [0.1, 0.15) is 52.9 Å². The number of benzene rings is 1. The molecule has 240 valence electrons. The zero-order valence-electron chi connectivity index (χ0n) is 25.7. The highest BCUT2D eigenvalue weighted by Crippen LogP contribution is 2.59. The Bertz CT molecular complexity index is 1260. The number of hydrogen-bond donors (Lipinski definition) is 2. The van der Waals surface area contributed by atoms with Crippen molar-refractivity contribution in [3.8, 4) is 0 Å². The van der Waals surface area contributed by atoms with Gasteiger partial charge in [0, 0.05) is 23.7 Å². The Hall–Kier alpha value is -3.21. The predicted molar refractivity (Wildman–Crippen MR) is 167 cm³/mol. The summed E-state index contributed by atoms with van der Waals surface area (Å²) in [5.74, 6) is -3.56. The Kier molecular flexibility index (Phi) is 10.9. The molecular weight excluding hydrogens is 586 g/mol. The molecule has 1 spiro atoms. The van der Waals surface area contributed by atoms with Crippen LogP contribution in [0.4, 0.5) is 5.69 Å². The minimum Gasteiger partial charge on any atom is -0.460 e. The molecule has 3 aliphatic rings. The molecule has 2 bridgehead atoms. The van der Waals surface area contributed by atoms with E-state index in [1.165, 1.54) is 9.80 Å². The van der Waals surface area contributed by atoms with Gasteiger partial charge in [0.05, 0.1) is 37.1 Å². The highest BCUT2D eigenvalue weighted by Gasteiger charge is 2.76. The zero-order valence-corrected chi connectivity index (χ0v) is 26.5. The third-order valence-corrected chi connectivity index (χ3v) is 9.54. The van der Waals surface area contributed by atoms with Crippen LogP contribution in [0.15, 0.2) is 49.6 Å². The summed E-state index contributed by atoms with van der Waals surface area (Å²) in [6.07, 6.45) is 4.38. The third-order valence-electron chi connectivity index (χ3n) is 9.28. The number of nitrogens with zero attached hydrogens (tertiary/aromatic N) is 2. The number of amides is 3. The number of carbonyl (C=O) groups excluding carboxylic acids is 4. The number of rotatable bonds is 15. The van der Waals surface area contributed by atoms with Crippen LogP contribution >= 0.6 is 11.6 Å². The molecule has 3 aliphatic heterocycles. The van der Waals surface area contributed by atoms with Crippen LogP contribution in [-0.2, 0) is 28.7 Å². The van der Waals surface area contributed by atoms with E-state index in [-0.39, 0.29) is 43.8 Å². The molecule has 3 heterocycles. The van der Waals surface area contributed by atoms with Crippen LogP contribution in [-0.4, -0.2) is 83.3 Å². The van der Waals surface area contributed by atoms with Gasteiger partial charge in [-0.2, -0.15) is 0 Å². The number of hydrogen-bond acceptors (Lipinski definition) is 7. The highest BCUT2D eigenvalue weighted by atomic mass is 35.5. The van der Waals surface area contributed by atoms with Crippen molar-refractivity contribution in [3.63, 3.8) is 0 Å². The predicted octanol–water partition coefficient (Wildman–Crippen LogP) is 3.65. The molecule has 3 fully saturated rings. The minimum absolute atomic E-state index is 0.120. The van der Waals surface area contributed by atoms with E-state index in [1.54, 1.807) is 43.3 Å². The second kappa shape index (κ2) is 14.3. The second-order valence-corrected chi connectivity index (χ2v) is 12.5. The molecule has 0 radical (unpaired) electrons. The molecule has 0 aliphatic carbocycles. The number of aliphatic hydroxyl groups is 1. The first-order chi connectivity index (χ1) is 21.0. The summed E-state index contributed by atoms with van der Waals surface area (Å²) >= 11 is 6.12. The van der Waals surface area contributed by atoms with E-state index in [9.17, 15) is 24.3 Å². The molecule has 44 heavy (non-hydrogen) atoms. The number of anilines is 1. The quantitative estimate of drug-likeness (QED) is 0.224. The van der Waals surface area contributed by atoms with Crippen LogP contribution < -0.4 is 10.2 Å². The van der Waals surface area contributed by atoms with E-state index in [0.29, 0.717) is 36.4 Å². The smallest absolute Gasteiger partial charge is 0.312 e. The Balaban J connectivity index is 1.67. The molecular formula is C33H44ClN3O7. The van der Waals surface area contributed by atoms with Crippen LogP contribution in [0.5, 0.6) is 0 Å². The van der Waals surface area contributed by atoms with Crippen molar-refractivity contribution >= 4 is 41.0 Å². The molecule has 0 saturated carbocycles. The summed E-state index contributed by atoms with van der Waals surface area (Å²) in [5.41, 5.74) is -0.694. The first-order valence-electron chi connectivity index (χ1n) is 15.4. The Labute approximate surface area is 264 Å². The average molecular weight is 630 g/mol. The lowest BCUT2D eigenvalue weighted by atomic mass is 9.70. The maximum absolute atomic E-state index is 14.6. The fourth-order valence-corrected chi connectivity index (χ4v) is 7.05. The highest BCUT2D eigenvalue weighted by molar-refractivity contribution is 6.30. The van der Waals surface area contributed by atoms with Gasteiger partial charge in [0.2, 0.25) is 11.8 Å². The summed E-state index contributed by atoms with van der Waals surface area (Å²) in [6, 6.07) is 5.07. The molecule has 10 nitrogen and oxygen atoms in total. The molecule has 0 aromatic heterocycles. The van der Waals surface area contributed by atoms with Crippen LogP contribution in [0.2, 0.25) is 5.02 Å². The van der Waals surface area contributed by atoms with Crippen LogP contribution in [0.3, 0.4) is 0 Å². The molecule has 1 aromatic rings. The summed E-state index contributed by atoms with van der Waals surface area (Å²) in [6.45, 7) is 12.9. The van der Waals surface area contributed by atoms with E-state index in [2.05, 4.69) is 18.5 Å². The topological polar surface area (TPSA) is 125 Å². The van der Waals surface area contributed by atoms with Crippen molar-refractivity contribution in [1.29, 1.82) is 0 Å². The zero-order chi connectivity index (χ0) is 32.2. The van der Waals surface area contributed by atoms with Crippen molar-refractivity contribution in [2.45, 2.75) is 82.8 Å². The van der Waals surface area contributed by atoms with Crippen molar-refractivity contribution in [3.05, 3.63) is 54.6 Å². The third kappa shape index (κ3) is 6.30. The SMILES string of the molecule is C=CCCC(=O)NC[C@H](C)OC(=O)[C@@H]1[C@H]2C(=O)N([C@@H](CO)[C@@H](C)CC)[C@H](C(=O)N(CC=C)c3ccc(Cl)cc3)[C@]23CC[C@H]1O3. The monoisotopic (exact) mass is 629 g/mol. The standard InChI is InChI=1S/C33H44ClN3O7/c1-6-9-10-26(39)35-18-21(5)43-32(42)27-25-15-16-33(44-25)28(27)30(40)37(24(19-38)20(4)8-3)29(33)31(41)36(17-7-2)23-13-11-22(34)12-14-23/h6-7,11-14,20-21,24-25,27-29,38H,1-2,8-10,15-19H2,3-5H3,(H,35,39)/t20-,21-,24-,25+,27-,28-,29+,33-/m0/s1. The van der Waals surface area contributed by atoms with Gasteiger partial charge in [0.15, 0.2) is 0 Å². The van der Waals surface area contributed by atoms with Crippen LogP contribution in [0.25, 0.3) is 0 Å². The van der Waals surface area contributed by atoms with Gasteiger partial charge in [-0.1, -0.05) is 44.0 Å². The maximum Gasteiger partial charge on any atom is 0.312 e. The summed E-state index contributed by atoms with van der Waals surface area (Å²) in [5, 5.41) is 13.8.